The average molecular weight is 316 g/mol. The summed E-state index contributed by atoms with van der Waals surface area (Å²) in [5.74, 6) is 0.360. The molecule has 2 rings (SSSR count). The van der Waals surface area contributed by atoms with Gasteiger partial charge >= 0.3 is 0 Å². The van der Waals surface area contributed by atoms with Gasteiger partial charge in [-0.1, -0.05) is 25.1 Å². The zero-order valence-corrected chi connectivity index (χ0v) is 14.2. The van der Waals surface area contributed by atoms with Crippen molar-refractivity contribution < 1.29 is 14.3 Å². The van der Waals surface area contributed by atoms with Crippen LogP contribution in [0, 0.1) is 0 Å². The van der Waals surface area contributed by atoms with Crippen molar-refractivity contribution in [3.05, 3.63) is 42.2 Å². The highest BCUT2D eigenvalue weighted by molar-refractivity contribution is 5.97. The van der Waals surface area contributed by atoms with Crippen LogP contribution in [0.1, 0.15) is 40.5 Å². The fourth-order valence-corrected chi connectivity index (χ4v) is 2.81. The molecule has 5 nitrogen and oxygen atoms in total. The minimum absolute atomic E-state index is 0.140. The van der Waals surface area contributed by atoms with Crippen LogP contribution in [0.5, 0.6) is 5.75 Å². The molecule has 0 bridgehead atoms. The number of imide groups is 1. The van der Waals surface area contributed by atoms with Gasteiger partial charge in [0.2, 0.25) is 11.8 Å². The van der Waals surface area contributed by atoms with Crippen LogP contribution < -0.4 is 4.74 Å². The monoisotopic (exact) mass is 316 g/mol. The molecule has 1 aliphatic rings. The molecule has 1 saturated heterocycles. The summed E-state index contributed by atoms with van der Waals surface area (Å²) in [7, 11) is 0. The molecule has 0 aliphatic carbocycles. The molecule has 1 aliphatic heterocycles. The maximum Gasteiger partial charge on any atom is 0.248 e. The number of rotatable bonds is 5. The zero-order chi connectivity index (χ0) is 17.0. The number of nitrogens with zero attached hydrogens (tertiary/aromatic N) is 2. The van der Waals surface area contributed by atoms with E-state index in [4.69, 9.17) is 4.74 Å². The first-order chi connectivity index (χ1) is 10.8. The van der Waals surface area contributed by atoms with Gasteiger partial charge in [0.05, 0.1) is 12.7 Å². The number of hydrogen-bond donors (Lipinski definition) is 0. The summed E-state index contributed by atoms with van der Waals surface area (Å²) in [6.07, 6.45) is 2.08. The first-order valence-corrected chi connectivity index (χ1v) is 7.86. The number of hydrogen-bond acceptors (Lipinski definition) is 4. The van der Waals surface area contributed by atoms with E-state index in [0.717, 1.165) is 5.57 Å². The van der Waals surface area contributed by atoms with E-state index in [0.29, 0.717) is 18.7 Å². The number of benzene rings is 1. The van der Waals surface area contributed by atoms with Gasteiger partial charge in [0.25, 0.3) is 0 Å². The lowest BCUT2D eigenvalue weighted by molar-refractivity contribution is -0.158. The van der Waals surface area contributed by atoms with Crippen LogP contribution in [-0.4, -0.2) is 33.9 Å². The Balaban J connectivity index is 2.02. The molecule has 0 atom stereocenters. The Labute approximate surface area is 137 Å². The molecule has 1 heterocycles. The molecule has 0 aromatic heterocycles. The molecule has 0 N–H and O–H groups in total. The quantitative estimate of drug-likeness (QED) is 0.783. The van der Waals surface area contributed by atoms with Crippen molar-refractivity contribution in [2.45, 2.75) is 46.1 Å². The van der Waals surface area contributed by atoms with Gasteiger partial charge in [0.15, 0.2) is 0 Å². The average Bonchev–Trinajstić information content (AvgIpc) is 2.74. The third kappa shape index (κ3) is 3.99. The van der Waals surface area contributed by atoms with Crippen LogP contribution in [0.3, 0.4) is 0 Å². The van der Waals surface area contributed by atoms with Crippen molar-refractivity contribution in [1.82, 2.24) is 10.0 Å². The van der Waals surface area contributed by atoms with E-state index in [1.165, 1.54) is 5.01 Å². The van der Waals surface area contributed by atoms with Gasteiger partial charge in [-0.25, -0.2) is 10.0 Å². The van der Waals surface area contributed by atoms with E-state index in [-0.39, 0.29) is 23.8 Å². The van der Waals surface area contributed by atoms with Gasteiger partial charge < -0.3 is 4.74 Å². The van der Waals surface area contributed by atoms with Crippen molar-refractivity contribution in [3.63, 3.8) is 0 Å². The fraction of sp³-hybridized carbons (Fsp3) is 0.444. The smallest absolute Gasteiger partial charge is 0.248 e. The topological polar surface area (TPSA) is 49.9 Å². The second kappa shape index (κ2) is 6.96. The Bertz CT molecular complexity index is 608. The molecule has 1 aromatic rings. The second-order valence-corrected chi connectivity index (χ2v) is 6.38. The summed E-state index contributed by atoms with van der Waals surface area (Å²) >= 11 is 0. The Morgan fingerprint density at radius 3 is 2.57 bits per heavy atom. The van der Waals surface area contributed by atoms with Gasteiger partial charge in [-0.2, -0.15) is 0 Å². The highest BCUT2D eigenvalue weighted by Crippen LogP contribution is 2.30. The maximum absolute atomic E-state index is 12.5. The molecule has 1 fully saturated rings. The molecular weight excluding hydrogens is 292 g/mol. The highest BCUT2D eigenvalue weighted by Gasteiger charge is 2.45. The highest BCUT2D eigenvalue weighted by atomic mass is 16.5. The van der Waals surface area contributed by atoms with Crippen LogP contribution >= 0.6 is 0 Å². The lowest BCUT2D eigenvalue weighted by atomic mass is 10.0. The maximum atomic E-state index is 12.5. The molecule has 5 heteroatoms. The van der Waals surface area contributed by atoms with Gasteiger partial charge in [0.1, 0.15) is 5.75 Å². The summed E-state index contributed by atoms with van der Waals surface area (Å²) in [4.78, 5) is 24.7. The number of amides is 2. The van der Waals surface area contributed by atoms with E-state index >= 15 is 0 Å². The summed E-state index contributed by atoms with van der Waals surface area (Å²) in [5, 5.41) is 3.13. The molecule has 0 spiro atoms. The van der Waals surface area contributed by atoms with E-state index in [1.807, 2.05) is 63.0 Å². The minimum atomic E-state index is -0.320. The predicted molar refractivity (Wildman–Crippen MR) is 88.4 cm³/mol. The molecule has 23 heavy (non-hydrogen) atoms. The van der Waals surface area contributed by atoms with Crippen molar-refractivity contribution in [1.29, 1.82) is 0 Å². The minimum Gasteiger partial charge on any atom is -0.465 e. The number of carbonyl (C=O) groups excluding carboxylic acids is 2. The second-order valence-electron chi connectivity index (χ2n) is 6.38. The first-order valence-electron chi connectivity index (χ1n) is 7.86. The van der Waals surface area contributed by atoms with Crippen molar-refractivity contribution >= 4 is 11.8 Å². The number of carbonyl (C=O) groups is 2. The third-order valence-corrected chi connectivity index (χ3v) is 3.87. The van der Waals surface area contributed by atoms with Crippen LogP contribution in [0.25, 0.3) is 0 Å². The van der Waals surface area contributed by atoms with Crippen LogP contribution in [0.2, 0.25) is 0 Å². The van der Waals surface area contributed by atoms with E-state index in [1.54, 1.807) is 6.26 Å². The summed E-state index contributed by atoms with van der Waals surface area (Å²) in [6.45, 7) is 8.34. The SMILES string of the molecule is CCN1N(C(=O)C/C(C)=C/Oc2ccccc2)C(=O)CC1(C)C. The summed E-state index contributed by atoms with van der Waals surface area (Å²) in [5.41, 5.74) is 0.451. The van der Waals surface area contributed by atoms with Crippen LogP contribution in [0.4, 0.5) is 0 Å². The molecule has 0 unspecified atom stereocenters. The Morgan fingerprint density at radius 2 is 1.96 bits per heavy atom. The first kappa shape index (κ1) is 17.2. The Hall–Kier alpha value is -2.14. The van der Waals surface area contributed by atoms with Crippen molar-refractivity contribution in [2.75, 3.05) is 6.54 Å². The zero-order valence-electron chi connectivity index (χ0n) is 14.2. The third-order valence-electron chi connectivity index (χ3n) is 3.87. The Kier molecular flexibility index (Phi) is 5.21. The standard InChI is InChI=1S/C18H24N2O3/c1-5-19-18(3,4)12-17(22)20(19)16(21)11-14(2)13-23-15-9-7-6-8-10-15/h6-10,13H,5,11-12H2,1-4H3/b14-13+. The molecule has 124 valence electrons. The van der Waals surface area contributed by atoms with Crippen LogP contribution in [0.15, 0.2) is 42.2 Å². The normalized spacial score (nSPS) is 18.3. The van der Waals surface area contributed by atoms with Crippen molar-refractivity contribution in [2.24, 2.45) is 0 Å². The molecular formula is C18H24N2O3. The molecule has 2 amide bonds. The number of para-hydroxylation sites is 1. The largest absolute Gasteiger partial charge is 0.465 e. The predicted octanol–water partition coefficient (Wildman–Crippen LogP) is 3.13. The molecule has 1 aromatic carbocycles. The van der Waals surface area contributed by atoms with Gasteiger partial charge in [-0.05, 0) is 38.5 Å². The van der Waals surface area contributed by atoms with Gasteiger partial charge in [-0.3, -0.25) is 9.59 Å². The van der Waals surface area contributed by atoms with Crippen molar-refractivity contribution in [3.8, 4) is 5.75 Å². The Morgan fingerprint density at radius 1 is 1.30 bits per heavy atom. The van der Waals surface area contributed by atoms with E-state index < -0.39 is 0 Å². The fourth-order valence-electron chi connectivity index (χ4n) is 2.81. The number of hydrazine groups is 1. The lowest BCUT2D eigenvalue weighted by Crippen LogP contribution is -2.49. The molecule has 0 saturated carbocycles. The van der Waals surface area contributed by atoms with Crippen LogP contribution in [-0.2, 0) is 9.59 Å². The summed E-state index contributed by atoms with van der Waals surface area (Å²) < 4.78 is 5.52. The van der Waals surface area contributed by atoms with Gasteiger partial charge in [0, 0.05) is 18.5 Å². The summed E-state index contributed by atoms with van der Waals surface area (Å²) in [6, 6.07) is 9.36. The van der Waals surface area contributed by atoms with E-state index in [9.17, 15) is 9.59 Å². The number of ether oxygens (including phenoxy) is 1. The van der Waals surface area contributed by atoms with Gasteiger partial charge in [-0.15, -0.1) is 0 Å². The lowest BCUT2D eigenvalue weighted by Gasteiger charge is -2.34. The molecule has 0 radical (unpaired) electrons. The van der Waals surface area contributed by atoms with E-state index in [2.05, 4.69) is 0 Å².